The Labute approximate surface area is 746 Å². The zero-order valence-corrected chi connectivity index (χ0v) is 66.6. The fourth-order valence-electron chi connectivity index (χ4n) is 7.69. The van der Waals surface area contributed by atoms with Crippen LogP contribution in [0, 0.1) is 13.8 Å². The lowest BCUT2D eigenvalue weighted by atomic mass is 9.81. The average Bonchev–Trinajstić information content (AvgIpc) is 1.56. The summed E-state index contributed by atoms with van der Waals surface area (Å²) in [7, 11) is 0. The van der Waals surface area contributed by atoms with Crippen molar-refractivity contribution in [3.8, 4) is 22.8 Å². The number of alkyl halides is 4. The summed E-state index contributed by atoms with van der Waals surface area (Å²) < 4.78 is 664. The molecular weight excluding hydrogens is 2360 g/mol. The largest absolute Gasteiger partial charge is 0.394 e. The third-order valence-electron chi connectivity index (χ3n) is 11.6. The third kappa shape index (κ3) is 122. The summed E-state index contributed by atoms with van der Waals surface area (Å²) in [5.41, 5.74) is 7.22. The highest BCUT2D eigenvalue weighted by Crippen LogP contribution is 2.49. The number of ether oxygens (including phenoxy) is 1. The number of benzene rings is 2. The highest BCUT2D eigenvalue weighted by Gasteiger charge is 2.49. The van der Waals surface area contributed by atoms with Crippen LogP contribution >= 0.6 is 0 Å². The van der Waals surface area contributed by atoms with Crippen LogP contribution in [-0.4, -0.2) is 110 Å². The van der Waals surface area contributed by atoms with Gasteiger partial charge in [0.25, 0.3) is 11.8 Å². The van der Waals surface area contributed by atoms with E-state index in [9.17, 15) is 32.3 Å². The number of carbonyl (C=O) groups is 2. The van der Waals surface area contributed by atoms with E-state index in [1.54, 1.807) is 69.7 Å². The van der Waals surface area contributed by atoms with Gasteiger partial charge in [0.05, 0.1) is 52.0 Å². The summed E-state index contributed by atoms with van der Waals surface area (Å²) in [6.45, 7) is 3.74. The van der Waals surface area contributed by atoms with E-state index in [0.29, 0.717) is 57.4 Å². The normalized spacial score (nSPS) is 8.82. The molecule has 0 unspecified atom stereocenters. The van der Waals surface area contributed by atoms with Crippen LogP contribution in [0.2, 0.25) is 0 Å². The molecule has 0 radical (unpaired) electrons. The molecule has 10 rings (SSSR count). The molecule has 2 fully saturated rings. The molecule has 0 saturated heterocycles. The van der Waals surface area contributed by atoms with Gasteiger partial charge < -0.3 is 44.8 Å². The molecule has 6 aromatic heterocycles. The Hall–Kier alpha value is -12.7. The first-order valence-electron chi connectivity index (χ1n) is 27.6. The van der Waals surface area contributed by atoms with Crippen molar-refractivity contribution < 1.29 is 405 Å². The summed E-state index contributed by atoms with van der Waals surface area (Å²) >= 11 is 0. The first-order chi connectivity index (χ1) is 71.1. The van der Waals surface area contributed by atoms with Gasteiger partial charge in [0.15, 0.2) is 0 Å². The molecule has 146 heavy (non-hydrogen) atoms. The molecule has 2 aliphatic carbocycles. The van der Waals surface area contributed by atoms with Gasteiger partial charge in [0.2, 0.25) is 35.3 Å². The van der Waals surface area contributed by atoms with Crippen molar-refractivity contribution in [3.05, 3.63) is 131 Å². The van der Waals surface area contributed by atoms with Crippen molar-refractivity contribution >= 4 is 34.5 Å². The van der Waals surface area contributed by atoms with E-state index in [2.05, 4.69) is 40.9 Å². The molecule has 6 heterocycles. The number of fused-ring (bicyclic) bond motifs is 2. The van der Waals surface area contributed by atoms with Crippen LogP contribution in [0.4, 0.5) is 372 Å². The van der Waals surface area contributed by atoms with Gasteiger partial charge in [-0.1, -0.05) is 46.7 Å². The smallest absolute Gasteiger partial charge is 0.274 e. The maximum Gasteiger partial charge on any atom is 0.274 e. The number of aryl methyl sites for hydroxylation is 2. The lowest BCUT2D eigenvalue weighted by Gasteiger charge is -2.31. The molecule has 898 valence electrons. The molecule has 2 saturated carbocycles. The van der Waals surface area contributed by atoms with E-state index in [0.717, 1.165) is 16.7 Å². The number of halogens is 79. The quantitative estimate of drug-likeness (QED) is 0.0437. The lowest BCUT2D eigenvalue weighted by Crippen LogP contribution is -2.33. The molecule has 2 aliphatic rings. The summed E-state index contributed by atoms with van der Waals surface area (Å²) in [6, 6.07) is 17.7. The van der Waals surface area contributed by atoms with Gasteiger partial charge in [0.1, 0.15) is 22.7 Å². The van der Waals surface area contributed by atoms with Gasteiger partial charge in [-0.25, -0.2) is 27.5 Å². The highest BCUT2D eigenvalue weighted by molar-refractivity contribution is 6.05. The van der Waals surface area contributed by atoms with Gasteiger partial charge >= 0.3 is 0 Å². The molecule has 0 aliphatic heterocycles. The number of nitrogens with one attached hydrogen (secondary N) is 2. The Kier molecular flexibility index (Phi) is 346. The number of carbonyl (C=O) groups excluding carboxylic acids is 2. The third-order valence-corrected chi connectivity index (χ3v) is 11.6. The number of anilines is 2. The molecular formula is C48H49F79N10O9. The number of nitrogens with zero attached hydrogens (tertiary/aromatic N) is 8. The van der Waals surface area contributed by atoms with Crippen molar-refractivity contribution in [1.29, 1.82) is 0 Å². The molecule has 2 aromatic carbocycles. The number of amides is 2. The van der Waals surface area contributed by atoms with Gasteiger partial charge in [-0.3, -0.25) is 23.1 Å². The Morgan fingerprint density at radius 1 is 0.336 bits per heavy atom. The average molecular weight is 2410 g/mol. The number of rotatable bonds is 14. The van der Waals surface area contributed by atoms with E-state index < -0.39 is 23.7 Å². The SMILES string of the molecule is Cc1ccc(-c2noc(C3CC(F)(F)C3)n2)cc1NC(=O)c1cnc2ccc(CO)cn12.Cc1ccc(-c2noc(C3CC(F)(F)C3)n2)cc1NC(=O)c1cnc2ccc(COCCO)cn12.F.FF.FF.FF.FF.FF.FF.FF.FF.FF.FF.FF.FF.FF.FF.FF.FF.FF.FF.FF.FF.FF.FF.FF.FF.FF.FF.FF.FF.FF.FF.FF.FF.FF.FF.FF.FF.FF.OCCO. The van der Waals surface area contributed by atoms with Gasteiger partial charge in [-0.15, -0.1) is 0 Å². The van der Waals surface area contributed by atoms with Crippen molar-refractivity contribution in [2.75, 3.05) is 37.1 Å². The monoisotopic (exact) mass is 2410 g/mol. The molecule has 8 aromatic rings. The lowest BCUT2D eigenvalue weighted by molar-refractivity contribution is -0.0930. The minimum Gasteiger partial charge on any atom is -0.394 e. The molecule has 0 atom stereocenters. The topological polar surface area (TPSA) is 261 Å². The van der Waals surface area contributed by atoms with Gasteiger partial charge in [-0.05, 0) is 60.4 Å². The summed E-state index contributed by atoms with van der Waals surface area (Å²) in [4.78, 5) is 43.1. The number of hydrogen-bond acceptors (Lipinski definition) is 15. The molecule has 98 heteroatoms. The standard InChI is InChI=1S/C24H23F2N5O4.C22H19F2N5O3.C2H6O2.37F2.FH/c1-14-2-4-16(21-29-23(35-30-21)17-9-24(25,26)10-17)8-18(14)28-22(33)19-11-27-20-5-3-15(12-31(19)20)13-34-7-6-32;1-12-2-4-14(19-27-21(32-28-19)15-7-22(23,24)8-15)6-16(12)26-20(31)17-9-25-18-5-3-13(11-30)10-29(17)18;3-1-2-4;37*1-2;/h2-5,8,11-12,17,32H,6-7,9-10,13H2,1H3,(H,28,33);2-6,9-10,15,30H,7-8,11H2,1H3,(H,26,31);3-4H,1-2H2;;;;;;;;;;;;;;;;;;;;;;;;;;;;;;;;;;;;;;1H. The van der Waals surface area contributed by atoms with Gasteiger partial charge in [-0.2, -0.15) is 9.97 Å². The number of imidazole rings is 2. The zero-order valence-electron chi connectivity index (χ0n) is 66.6. The first kappa shape index (κ1) is 223. The van der Waals surface area contributed by atoms with Crippen molar-refractivity contribution in [2.24, 2.45) is 0 Å². The number of aliphatic hydroxyl groups excluding tert-OH is 4. The van der Waals surface area contributed by atoms with Crippen LogP contribution < -0.4 is 10.6 Å². The maximum atomic E-state index is 13.2. The summed E-state index contributed by atoms with van der Waals surface area (Å²) in [5.74, 6) is -6.03. The van der Waals surface area contributed by atoms with E-state index in [1.807, 2.05) is 26.0 Å². The molecule has 0 bridgehead atoms. The molecule has 0 spiro atoms. The van der Waals surface area contributed by atoms with E-state index >= 15 is 0 Å². The fourth-order valence-corrected chi connectivity index (χ4v) is 7.69. The number of aliphatic hydroxyl groups is 4. The van der Waals surface area contributed by atoms with Crippen LogP contribution in [0.3, 0.4) is 0 Å². The zero-order chi connectivity index (χ0) is 124. The van der Waals surface area contributed by atoms with Crippen LogP contribution in [0.25, 0.3) is 34.1 Å². The van der Waals surface area contributed by atoms with E-state index in [4.69, 9.17) is 368 Å². The van der Waals surface area contributed by atoms with Crippen LogP contribution in [0.1, 0.15) is 92.5 Å². The first-order valence-corrected chi connectivity index (χ1v) is 27.6. The Balaban J connectivity index is -0.0000000375. The number of pyridine rings is 2. The van der Waals surface area contributed by atoms with E-state index in [1.165, 1.54) is 12.4 Å². The highest BCUT2D eigenvalue weighted by atomic mass is 20.1. The van der Waals surface area contributed by atoms with Crippen molar-refractivity contribution in [2.45, 2.75) is 76.4 Å². The summed E-state index contributed by atoms with van der Waals surface area (Å²) in [5, 5.41) is 47.1. The second kappa shape index (κ2) is 227. The van der Waals surface area contributed by atoms with Crippen molar-refractivity contribution in [1.82, 2.24) is 39.1 Å². The predicted octanol–water partition coefficient (Wildman–Crippen LogP) is 38.1. The minimum atomic E-state index is -2.67. The predicted molar refractivity (Wildman–Crippen MR) is 330 cm³/mol. The number of hydrogen-bond donors (Lipinski definition) is 6. The molecule has 19 nitrogen and oxygen atoms in total. The van der Waals surface area contributed by atoms with Crippen LogP contribution in [0.5, 0.6) is 0 Å². The maximum absolute atomic E-state index is 13.2. The Morgan fingerprint density at radius 2 is 0.555 bits per heavy atom. The fraction of sp³-hybridized carbons (Fsp3) is 0.333. The molecule has 2 amide bonds. The van der Waals surface area contributed by atoms with Crippen LogP contribution in [0.15, 0.2) is 94.5 Å². The Morgan fingerprint density at radius 3 is 0.760 bits per heavy atom. The van der Waals surface area contributed by atoms with Gasteiger partial charge in [0, 0.05) is 411 Å². The second-order valence-electron chi connectivity index (χ2n) is 17.0. The minimum absolute atomic E-state index is 0. The number of aromatic nitrogens is 8. The van der Waals surface area contributed by atoms with Crippen LogP contribution in [-0.2, 0) is 18.0 Å². The van der Waals surface area contributed by atoms with Crippen molar-refractivity contribution in [3.63, 3.8) is 0 Å². The second-order valence-corrected chi connectivity index (χ2v) is 17.0. The summed E-state index contributed by atoms with van der Waals surface area (Å²) in [6.07, 6.45) is 5.21. The molecule has 6 N–H and O–H groups in total. The Bertz CT molecular complexity index is 3280. The van der Waals surface area contributed by atoms with E-state index in [-0.39, 0.29) is 98.7 Å².